The van der Waals surface area contributed by atoms with Crippen LogP contribution in [0.15, 0.2) is 34.9 Å². The minimum absolute atomic E-state index is 0.520. The molecule has 4 nitrogen and oxygen atoms in total. The highest BCUT2D eigenvalue weighted by Gasteiger charge is 2.07. The highest BCUT2D eigenvalue weighted by Crippen LogP contribution is 2.28. The maximum atomic E-state index is 5.83. The van der Waals surface area contributed by atoms with E-state index in [1.807, 2.05) is 18.2 Å². The number of aryl methyl sites for hydroxylation is 1. The van der Waals surface area contributed by atoms with E-state index in [1.165, 1.54) is 5.56 Å². The van der Waals surface area contributed by atoms with Gasteiger partial charge in [0.2, 0.25) is 11.8 Å². The third-order valence-electron chi connectivity index (χ3n) is 2.77. The van der Waals surface area contributed by atoms with Crippen LogP contribution in [0.4, 0.5) is 5.95 Å². The lowest BCUT2D eigenvalue weighted by Crippen LogP contribution is -2.05. The van der Waals surface area contributed by atoms with Gasteiger partial charge >= 0.3 is 0 Å². The van der Waals surface area contributed by atoms with Gasteiger partial charge in [-0.3, -0.25) is 0 Å². The van der Waals surface area contributed by atoms with E-state index in [0.29, 0.717) is 11.8 Å². The van der Waals surface area contributed by atoms with Gasteiger partial charge in [-0.25, -0.2) is 4.98 Å². The molecule has 0 atom stereocenters. The maximum absolute atomic E-state index is 5.83. The van der Waals surface area contributed by atoms with Gasteiger partial charge in [0, 0.05) is 6.54 Å². The first-order valence-corrected chi connectivity index (χ1v) is 7.55. The molecular weight excluding hydrogens is 318 g/mol. The third kappa shape index (κ3) is 3.93. The van der Waals surface area contributed by atoms with Crippen LogP contribution in [0.3, 0.4) is 0 Å². The first-order chi connectivity index (χ1) is 9.72. The molecule has 5 heteroatoms. The number of halogens is 1. The zero-order chi connectivity index (χ0) is 14.4. The largest absolute Gasteiger partial charge is 0.438 e. The number of anilines is 1. The van der Waals surface area contributed by atoms with Gasteiger partial charge in [0.05, 0.1) is 10.7 Å². The molecule has 0 aliphatic carbocycles. The van der Waals surface area contributed by atoms with Gasteiger partial charge in [-0.1, -0.05) is 26.0 Å². The van der Waals surface area contributed by atoms with E-state index in [4.69, 9.17) is 4.74 Å². The summed E-state index contributed by atoms with van der Waals surface area (Å²) in [7, 11) is 0. The Morgan fingerprint density at radius 2 is 2.15 bits per heavy atom. The fraction of sp³-hybridized carbons (Fsp3) is 0.333. The summed E-state index contributed by atoms with van der Waals surface area (Å²) in [5, 5.41) is 3.15. The average Bonchev–Trinajstić information content (AvgIpc) is 2.48. The lowest BCUT2D eigenvalue weighted by molar-refractivity contribution is 0.458. The van der Waals surface area contributed by atoms with Crippen molar-refractivity contribution in [2.45, 2.75) is 26.7 Å². The van der Waals surface area contributed by atoms with E-state index in [0.717, 1.165) is 29.6 Å². The molecule has 0 unspecified atom stereocenters. The number of nitrogens with zero attached hydrogens (tertiary/aromatic N) is 2. The smallest absolute Gasteiger partial charge is 0.238 e. The summed E-state index contributed by atoms with van der Waals surface area (Å²) < 4.78 is 6.57. The van der Waals surface area contributed by atoms with Gasteiger partial charge in [-0.2, -0.15) is 4.98 Å². The zero-order valence-corrected chi connectivity index (χ0v) is 13.3. The highest BCUT2D eigenvalue weighted by atomic mass is 79.9. The summed E-state index contributed by atoms with van der Waals surface area (Å²) in [6.45, 7) is 5.05. The second-order valence-corrected chi connectivity index (χ2v) is 5.23. The Hall–Kier alpha value is -1.62. The predicted octanol–water partition coefficient (Wildman–Crippen LogP) is 4.42. The van der Waals surface area contributed by atoms with Crippen molar-refractivity contribution in [2.24, 2.45) is 0 Å². The molecule has 0 aliphatic heterocycles. The molecule has 20 heavy (non-hydrogen) atoms. The Morgan fingerprint density at radius 1 is 1.30 bits per heavy atom. The van der Waals surface area contributed by atoms with Crippen molar-refractivity contribution in [3.63, 3.8) is 0 Å². The van der Waals surface area contributed by atoms with E-state index in [9.17, 15) is 0 Å². The summed E-state index contributed by atoms with van der Waals surface area (Å²) >= 11 is 3.41. The van der Waals surface area contributed by atoms with Gasteiger partial charge in [-0.05, 0) is 46.5 Å². The molecule has 2 rings (SSSR count). The Labute approximate surface area is 127 Å². The van der Waals surface area contributed by atoms with E-state index >= 15 is 0 Å². The number of ether oxygens (including phenoxy) is 1. The van der Waals surface area contributed by atoms with Crippen molar-refractivity contribution in [3.05, 3.63) is 40.5 Å². The molecule has 106 valence electrons. The molecule has 0 saturated heterocycles. The minimum Gasteiger partial charge on any atom is -0.438 e. The average molecular weight is 336 g/mol. The van der Waals surface area contributed by atoms with Crippen LogP contribution in [0.1, 0.15) is 25.8 Å². The Balaban J connectivity index is 2.18. The van der Waals surface area contributed by atoms with Gasteiger partial charge in [0.1, 0.15) is 5.75 Å². The molecule has 2 aromatic rings. The van der Waals surface area contributed by atoms with Crippen molar-refractivity contribution in [1.29, 1.82) is 0 Å². The van der Waals surface area contributed by atoms with Crippen LogP contribution in [0, 0.1) is 0 Å². The molecule has 0 bridgehead atoms. The molecule has 1 aromatic heterocycles. The number of aromatic nitrogens is 2. The molecule has 0 amide bonds. The van der Waals surface area contributed by atoms with E-state index in [2.05, 4.69) is 51.1 Å². The molecule has 0 aliphatic rings. The highest BCUT2D eigenvalue weighted by molar-refractivity contribution is 9.10. The first-order valence-electron chi connectivity index (χ1n) is 6.76. The molecule has 0 fully saturated rings. The zero-order valence-electron chi connectivity index (χ0n) is 11.7. The first kappa shape index (κ1) is 14.8. The van der Waals surface area contributed by atoms with Crippen LogP contribution in [0.2, 0.25) is 0 Å². The van der Waals surface area contributed by atoms with Crippen LogP contribution >= 0.6 is 15.9 Å². The van der Waals surface area contributed by atoms with Gasteiger partial charge in [0.25, 0.3) is 0 Å². The third-order valence-corrected chi connectivity index (χ3v) is 3.31. The van der Waals surface area contributed by atoms with Gasteiger partial charge < -0.3 is 10.1 Å². The second-order valence-electron chi connectivity index (χ2n) is 4.38. The van der Waals surface area contributed by atoms with Gasteiger partial charge in [0.15, 0.2) is 0 Å². The molecule has 0 saturated carbocycles. The SMILES string of the molecule is CCCNc1ncc(Br)c(Oc2cccc(CC)c2)n1. The molecule has 1 aromatic carbocycles. The van der Waals surface area contributed by atoms with E-state index in [-0.39, 0.29) is 0 Å². The van der Waals surface area contributed by atoms with Crippen LogP contribution in [0.25, 0.3) is 0 Å². The topological polar surface area (TPSA) is 47.0 Å². The fourth-order valence-electron chi connectivity index (χ4n) is 1.69. The van der Waals surface area contributed by atoms with E-state index < -0.39 is 0 Å². The summed E-state index contributed by atoms with van der Waals surface area (Å²) in [4.78, 5) is 8.57. The van der Waals surface area contributed by atoms with E-state index in [1.54, 1.807) is 6.20 Å². The monoisotopic (exact) mass is 335 g/mol. The lowest BCUT2D eigenvalue weighted by atomic mass is 10.2. The molecule has 1 N–H and O–H groups in total. The lowest BCUT2D eigenvalue weighted by Gasteiger charge is -2.09. The van der Waals surface area contributed by atoms with Crippen LogP contribution < -0.4 is 10.1 Å². The summed E-state index contributed by atoms with van der Waals surface area (Å²) in [5.74, 6) is 1.88. The number of rotatable bonds is 6. The van der Waals surface area contributed by atoms with Crippen molar-refractivity contribution in [3.8, 4) is 11.6 Å². The van der Waals surface area contributed by atoms with Crippen LogP contribution in [0.5, 0.6) is 11.6 Å². The standard InChI is InChI=1S/C15H18BrN3O/c1-3-8-17-15-18-10-13(16)14(19-15)20-12-7-5-6-11(4-2)9-12/h5-7,9-10H,3-4,8H2,1-2H3,(H,17,18,19). The quantitative estimate of drug-likeness (QED) is 0.848. The summed E-state index contributed by atoms with van der Waals surface area (Å²) in [5.41, 5.74) is 1.23. The van der Waals surface area contributed by atoms with Crippen molar-refractivity contribution in [1.82, 2.24) is 9.97 Å². The summed E-state index contributed by atoms with van der Waals surface area (Å²) in [6.07, 6.45) is 3.70. The second kappa shape index (κ2) is 7.24. The van der Waals surface area contributed by atoms with Gasteiger partial charge in [-0.15, -0.1) is 0 Å². The Kier molecular flexibility index (Phi) is 5.35. The fourth-order valence-corrected chi connectivity index (χ4v) is 1.96. The maximum Gasteiger partial charge on any atom is 0.238 e. The van der Waals surface area contributed by atoms with Crippen molar-refractivity contribution in [2.75, 3.05) is 11.9 Å². The number of hydrogen-bond donors (Lipinski definition) is 1. The van der Waals surface area contributed by atoms with Crippen LogP contribution in [-0.4, -0.2) is 16.5 Å². The molecule has 0 radical (unpaired) electrons. The molecule has 0 spiro atoms. The number of hydrogen-bond acceptors (Lipinski definition) is 4. The Morgan fingerprint density at radius 3 is 2.90 bits per heavy atom. The molecular formula is C15H18BrN3O. The Bertz CT molecular complexity index is 575. The summed E-state index contributed by atoms with van der Waals surface area (Å²) in [6, 6.07) is 8.01. The van der Waals surface area contributed by atoms with Crippen LogP contribution in [-0.2, 0) is 6.42 Å². The normalized spacial score (nSPS) is 10.3. The molecule has 1 heterocycles. The predicted molar refractivity (Wildman–Crippen MR) is 84.4 cm³/mol. The van der Waals surface area contributed by atoms with Crippen molar-refractivity contribution < 1.29 is 4.74 Å². The van der Waals surface area contributed by atoms with Crippen molar-refractivity contribution >= 4 is 21.9 Å². The number of nitrogens with one attached hydrogen (secondary N) is 1. The number of benzene rings is 1. The minimum atomic E-state index is 0.520.